The van der Waals surface area contributed by atoms with Crippen molar-refractivity contribution in [3.8, 4) is 0 Å². The van der Waals surface area contributed by atoms with E-state index in [1.165, 1.54) is 11.8 Å². The van der Waals surface area contributed by atoms with Gasteiger partial charge >= 0.3 is 11.9 Å². The number of benzene rings is 1. The van der Waals surface area contributed by atoms with Crippen molar-refractivity contribution in [3.05, 3.63) is 59.3 Å². The topological polar surface area (TPSA) is 98.7 Å². The zero-order valence-electron chi connectivity index (χ0n) is 14.2. The summed E-state index contributed by atoms with van der Waals surface area (Å²) in [6, 6.07) is 8.61. The van der Waals surface area contributed by atoms with Gasteiger partial charge in [-0.3, -0.25) is 10.1 Å². The van der Waals surface area contributed by atoms with Crippen LogP contribution in [-0.4, -0.2) is 39.3 Å². The summed E-state index contributed by atoms with van der Waals surface area (Å²) in [4.78, 5) is 23.3. The second-order valence-corrected chi connectivity index (χ2v) is 7.59. The molecule has 26 heavy (non-hydrogen) atoms. The van der Waals surface area contributed by atoms with E-state index < -0.39 is 23.4 Å². The minimum Gasteiger partial charge on any atom is -0.480 e. The Morgan fingerprint density at radius 2 is 2.00 bits per heavy atom. The van der Waals surface area contributed by atoms with E-state index in [4.69, 9.17) is 0 Å². The van der Waals surface area contributed by atoms with Gasteiger partial charge in [-0.2, -0.15) is 0 Å². The van der Waals surface area contributed by atoms with E-state index in [0.29, 0.717) is 23.8 Å². The van der Waals surface area contributed by atoms with Crippen molar-refractivity contribution in [2.24, 2.45) is 5.92 Å². The van der Waals surface area contributed by atoms with Gasteiger partial charge in [-0.15, -0.1) is 11.8 Å². The first-order valence-corrected chi connectivity index (χ1v) is 9.62. The van der Waals surface area contributed by atoms with E-state index in [2.05, 4.69) is 10.6 Å². The number of carboxylic acid groups (broad SMARTS) is 2. The van der Waals surface area contributed by atoms with E-state index in [1.54, 1.807) is 0 Å². The number of allylic oxidation sites excluding steroid dienone is 2. The van der Waals surface area contributed by atoms with E-state index >= 15 is 0 Å². The highest BCUT2D eigenvalue weighted by Crippen LogP contribution is 2.32. The van der Waals surface area contributed by atoms with Crippen molar-refractivity contribution in [2.75, 3.05) is 5.75 Å². The van der Waals surface area contributed by atoms with Gasteiger partial charge < -0.3 is 15.5 Å². The molecule has 0 spiro atoms. The van der Waals surface area contributed by atoms with E-state index in [1.807, 2.05) is 42.5 Å². The first-order chi connectivity index (χ1) is 12.5. The molecule has 2 aliphatic rings. The van der Waals surface area contributed by atoms with Crippen LogP contribution in [0.15, 0.2) is 53.8 Å². The lowest BCUT2D eigenvalue weighted by Crippen LogP contribution is -2.52. The Hall–Kier alpha value is -2.25. The summed E-state index contributed by atoms with van der Waals surface area (Å²) in [5, 5.41) is 24.5. The Morgan fingerprint density at radius 3 is 2.62 bits per heavy atom. The molecule has 1 heterocycles. The molecular weight excluding hydrogens is 352 g/mol. The molecule has 2 atom stereocenters. The molecule has 2 unspecified atom stereocenters. The highest BCUT2D eigenvalue weighted by molar-refractivity contribution is 8.00. The van der Waals surface area contributed by atoms with E-state index in [0.717, 1.165) is 18.4 Å². The molecule has 0 aromatic heterocycles. The van der Waals surface area contributed by atoms with Gasteiger partial charge in [0.2, 0.25) is 0 Å². The summed E-state index contributed by atoms with van der Waals surface area (Å²) in [6.45, 7) is 0.400. The Labute approximate surface area is 156 Å². The Kier molecular flexibility index (Phi) is 6.00. The van der Waals surface area contributed by atoms with Crippen molar-refractivity contribution in [1.82, 2.24) is 10.6 Å². The number of nitrogens with one attached hydrogen (secondary N) is 2. The van der Waals surface area contributed by atoms with Gasteiger partial charge in [0.1, 0.15) is 11.7 Å². The van der Waals surface area contributed by atoms with Crippen molar-refractivity contribution in [1.29, 1.82) is 0 Å². The highest BCUT2D eigenvalue weighted by Gasteiger charge is 2.33. The third-order valence-electron chi connectivity index (χ3n) is 4.37. The molecule has 1 saturated carbocycles. The third-order valence-corrected chi connectivity index (χ3v) is 5.60. The van der Waals surface area contributed by atoms with E-state index in [9.17, 15) is 19.8 Å². The molecule has 0 amide bonds. The number of hydrogen-bond acceptors (Lipinski definition) is 5. The number of thioether (sulfide) groups is 1. The van der Waals surface area contributed by atoms with Crippen LogP contribution in [0.3, 0.4) is 0 Å². The Balaban J connectivity index is 1.70. The molecule has 4 N–H and O–H groups in total. The largest absolute Gasteiger partial charge is 0.480 e. The van der Waals surface area contributed by atoms with Crippen molar-refractivity contribution in [2.45, 2.75) is 30.8 Å². The Bertz CT molecular complexity index is 728. The fraction of sp³-hybridized carbons (Fsp3) is 0.368. The van der Waals surface area contributed by atoms with Crippen LogP contribution in [-0.2, 0) is 16.1 Å². The van der Waals surface area contributed by atoms with Gasteiger partial charge in [0.05, 0.1) is 5.37 Å². The van der Waals surface area contributed by atoms with Crippen LogP contribution in [0.2, 0.25) is 0 Å². The maximum Gasteiger partial charge on any atom is 0.352 e. The number of carboxylic acids is 2. The lowest BCUT2D eigenvalue weighted by atomic mass is 10.1. The zero-order valence-corrected chi connectivity index (χ0v) is 15.0. The fourth-order valence-corrected chi connectivity index (χ4v) is 3.93. The molecule has 6 nitrogen and oxygen atoms in total. The molecule has 3 rings (SSSR count). The quantitative estimate of drug-likeness (QED) is 0.554. The first kappa shape index (κ1) is 18.5. The van der Waals surface area contributed by atoms with E-state index in [-0.39, 0.29) is 5.70 Å². The normalized spacial score (nSPS) is 21.5. The molecule has 1 fully saturated rings. The maximum absolute atomic E-state index is 11.7. The van der Waals surface area contributed by atoms with Crippen molar-refractivity contribution < 1.29 is 19.8 Å². The summed E-state index contributed by atoms with van der Waals surface area (Å²) in [5.41, 5.74) is 1.78. The van der Waals surface area contributed by atoms with Crippen LogP contribution >= 0.6 is 11.8 Å². The second kappa shape index (κ2) is 8.42. The van der Waals surface area contributed by atoms with Gasteiger partial charge in [0.25, 0.3) is 0 Å². The van der Waals surface area contributed by atoms with Crippen LogP contribution in [0.5, 0.6) is 0 Å². The average molecular weight is 374 g/mol. The monoisotopic (exact) mass is 374 g/mol. The van der Waals surface area contributed by atoms with Crippen LogP contribution in [0, 0.1) is 5.92 Å². The summed E-state index contributed by atoms with van der Waals surface area (Å²) in [5.74, 6) is -1.04. The number of carbonyl (C=O) groups is 2. The lowest BCUT2D eigenvalue weighted by molar-refractivity contribution is -0.140. The smallest absolute Gasteiger partial charge is 0.352 e. The van der Waals surface area contributed by atoms with Crippen molar-refractivity contribution >= 4 is 23.7 Å². The molecule has 138 valence electrons. The van der Waals surface area contributed by atoms with Crippen LogP contribution < -0.4 is 10.6 Å². The molecule has 7 heteroatoms. The summed E-state index contributed by atoms with van der Waals surface area (Å²) in [6.07, 6.45) is 6.22. The SMILES string of the molecule is O=C(O)C1=C(/C=C/C2CC2)CSC(C(NCc2ccccc2)C(=O)O)N1. The minimum absolute atomic E-state index is 0.0958. The number of hydrogen-bond donors (Lipinski definition) is 4. The predicted octanol–water partition coefficient (Wildman–Crippen LogP) is 2.20. The number of rotatable bonds is 8. The molecule has 0 saturated heterocycles. The molecule has 1 aliphatic heterocycles. The van der Waals surface area contributed by atoms with Gasteiger partial charge in [-0.05, 0) is 29.9 Å². The van der Waals surface area contributed by atoms with Gasteiger partial charge in [-0.1, -0.05) is 42.5 Å². The first-order valence-electron chi connectivity index (χ1n) is 8.57. The zero-order chi connectivity index (χ0) is 18.5. The molecule has 1 aromatic carbocycles. The third kappa shape index (κ3) is 4.89. The predicted molar refractivity (Wildman–Crippen MR) is 101 cm³/mol. The molecule has 1 aliphatic carbocycles. The average Bonchev–Trinajstić information content (AvgIpc) is 3.45. The molecule has 1 aromatic rings. The standard InChI is InChI=1S/C19H22N2O4S/c22-18(23)15-14(9-8-12-6-7-12)11-26-17(21-15)16(19(24)25)20-10-13-4-2-1-3-5-13/h1-5,8-9,12,16-17,20-21H,6-7,10-11H2,(H,22,23)(H,24,25)/b9-8+. The lowest BCUT2D eigenvalue weighted by Gasteiger charge is -2.31. The fourth-order valence-electron chi connectivity index (χ4n) is 2.73. The second-order valence-electron chi connectivity index (χ2n) is 6.46. The molecule has 0 bridgehead atoms. The summed E-state index contributed by atoms with van der Waals surface area (Å²) < 4.78 is 0. The van der Waals surface area contributed by atoms with Crippen LogP contribution in [0.4, 0.5) is 0 Å². The molecular formula is C19H22N2O4S. The number of aliphatic carboxylic acids is 2. The Morgan fingerprint density at radius 1 is 1.27 bits per heavy atom. The minimum atomic E-state index is -1.06. The van der Waals surface area contributed by atoms with Gasteiger partial charge in [-0.25, -0.2) is 4.79 Å². The van der Waals surface area contributed by atoms with Gasteiger partial charge in [0.15, 0.2) is 0 Å². The maximum atomic E-state index is 11.7. The van der Waals surface area contributed by atoms with Crippen LogP contribution in [0.1, 0.15) is 18.4 Å². The highest BCUT2D eigenvalue weighted by atomic mass is 32.2. The summed E-state index contributed by atoms with van der Waals surface area (Å²) >= 11 is 1.41. The molecule has 0 radical (unpaired) electrons. The summed E-state index contributed by atoms with van der Waals surface area (Å²) in [7, 11) is 0. The van der Waals surface area contributed by atoms with Crippen molar-refractivity contribution in [3.63, 3.8) is 0 Å². The van der Waals surface area contributed by atoms with Gasteiger partial charge in [0, 0.05) is 12.3 Å². The van der Waals surface area contributed by atoms with Crippen LogP contribution in [0.25, 0.3) is 0 Å².